The third-order valence-corrected chi connectivity index (χ3v) is 3.35. The summed E-state index contributed by atoms with van der Waals surface area (Å²) >= 11 is 0. The highest BCUT2D eigenvalue weighted by Gasteiger charge is 2.38. The van der Waals surface area contributed by atoms with Crippen molar-refractivity contribution in [2.24, 2.45) is 11.8 Å². The van der Waals surface area contributed by atoms with E-state index in [2.05, 4.69) is 5.32 Å². The minimum Gasteiger partial charge on any atom is -0.316 e. The van der Waals surface area contributed by atoms with Crippen molar-refractivity contribution < 1.29 is 18.0 Å². The largest absolute Gasteiger partial charge is 0.417 e. The van der Waals surface area contributed by atoms with E-state index >= 15 is 0 Å². The standard InChI is InChI=1S/C13H14F3NO/c1-8-6-17-7-10(8)12(18)9-4-2-3-5-11(9)13(14,15)16/h2-5,8,10,17H,6-7H2,1H3. The summed E-state index contributed by atoms with van der Waals surface area (Å²) in [4.78, 5) is 12.2. The molecule has 2 atom stereocenters. The molecule has 1 heterocycles. The molecule has 98 valence electrons. The molecule has 1 aliphatic heterocycles. The smallest absolute Gasteiger partial charge is 0.316 e. The van der Waals surface area contributed by atoms with Crippen LogP contribution in [-0.4, -0.2) is 18.9 Å². The van der Waals surface area contributed by atoms with E-state index in [1.54, 1.807) is 0 Å². The van der Waals surface area contributed by atoms with Crippen molar-refractivity contribution >= 4 is 5.78 Å². The van der Waals surface area contributed by atoms with E-state index in [1.165, 1.54) is 18.2 Å². The van der Waals surface area contributed by atoms with E-state index in [0.717, 1.165) is 6.07 Å². The van der Waals surface area contributed by atoms with Crippen LogP contribution in [0.25, 0.3) is 0 Å². The lowest BCUT2D eigenvalue weighted by Gasteiger charge is -2.17. The highest BCUT2D eigenvalue weighted by Crippen LogP contribution is 2.34. The predicted molar refractivity (Wildman–Crippen MR) is 61.3 cm³/mol. The zero-order valence-corrected chi connectivity index (χ0v) is 9.92. The van der Waals surface area contributed by atoms with Crippen LogP contribution < -0.4 is 5.32 Å². The topological polar surface area (TPSA) is 29.1 Å². The monoisotopic (exact) mass is 257 g/mol. The third kappa shape index (κ3) is 2.41. The van der Waals surface area contributed by atoms with Crippen LogP contribution in [0.1, 0.15) is 22.8 Å². The van der Waals surface area contributed by atoms with Gasteiger partial charge in [0.1, 0.15) is 0 Å². The Morgan fingerprint density at radius 3 is 2.50 bits per heavy atom. The summed E-state index contributed by atoms with van der Waals surface area (Å²) in [5.41, 5.74) is -1.06. The first-order valence-electron chi connectivity index (χ1n) is 5.82. The molecule has 0 aromatic heterocycles. The molecule has 1 saturated heterocycles. The highest BCUT2D eigenvalue weighted by atomic mass is 19.4. The van der Waals surface area contributed by atoms with E-state index in [4.69, 9.17) is 0 Å². The maximum Gasteiger partial charge on any atom is 0.417 e. The lowest BCUT2D eigenvalue weighted by molar-refractivity contribution is -0.137. The van der Waals surface area contributed by atoms with Gasteiger partial charge in [-0.15, -0.1) is 0 Å². The molecule has 1 N–H and O–H groups in total. The summed E-state index contributed by atoms with van der Waals surface area (Å²) in [6.45, 7) is 3.00. The molecule has 1 aromatic rings. The molecule has 2 rings (SSSR count). The van der Waals surface area contributed by atoms with Crippen molar-refractivity contribution in [3.63, 3.8) is 0 Å². The Morgan fingerprint density at radius 2 is 1.94 bits per heavy atom. The van der Waals surface area contributed by atoms with Crippen LogP contribution in [0.5, 0.6) is 0 Å². The van der Waals surface area contributed by atoms with Gasteiger partial charge in [-0.2, -0.15) is 13.2 Å². The van der Waals surface area contributed by atoms with Gasteiger partial charge >= 0.3 is 6.18 Å². The maximum absolute atomic E-state index is 12.8. The molecule has 1 fully saturated rings. The Bertz CT molecular complexity index is 456. The molecule has 5 heteroatoms. The normalized spacial score (nSPS) is 24.2. The molecule has 2 unspecified atom stereocenters. The average Bonchev–Trinajstić information content (AvgIpc) is 2.73. The molecule has 0 amide bonds. The first-order chi connectivity index (χ1) is 8.41. The quantitative estimate of drug-likeness (QED) is 0.825. The Morgan fingerprint density at radius 1 is 1.28 bits per heavy atom. The maximum atomic E-state index is 12.8. The second kappa shape index (κ2) is 4.72. The zero-order chi connectivity index (χ0) is 13.3. The van der Waals surface area contributed by atoms with Crippen molar-refractivity contribution in [3.05, 3.63) is 35.4 Å². The molecule has 0 spiro atoms. The van der Waals surface area contributed by atoms with Gasteiger partial charge in [0.15, 0.2) is 5.78 Å². The number of carbonyl (C=O) groups excluding carboxylic acids is 1. The Kier molecular flexibility index (Phi) is 3.43. The number of Topliss-reactive ketones (excluding diaryl/α,β-unsaturated/α-hetero) is 1. The van der Waals surface area contributed by atoms with Gasteiger partial charge in [-0.3, -0.25) is 4.79 Å². The molecule has 0 saturated carbocycles. The number of rotatable bonds is 2. The molecule has 0 bridgehead atoms. The lowest BCUT2D eigenvalue weighted by atomic mass is 9.87. The SMILES string of the molecule is CC1CNCC1C(=O)c1ccccc1C(F)(F)F. The number of hydrogen-bond acceptors (Lipinski definition) is 2. The van der Waals surface area contributed by atoms with Gasteiger partial charge in [0.05, 0.1) is 5.56 Å². The molecule has 0 aliphatic carbocycles. The fourth-order valence-corrected chi connectivity index (χ4v) is 2.31. The second-order valence-corrected chi connectivity index (χ2v) is 4.65. The molecule has 18 heavy (non-hydrogen) atoms. The van der Waals surface area contributed by atoms with Crippen LogP contribution in [0.2, 0.25) is 0 Å². The summed E-state index contributed by atoms with van der Waals surface area (Å²) in [7, 11) is 0. The van der Waals surface area contributed by atoms with Crippen molar-refractivity contribution in [1.29, 1.82) is 0 Å². The Hall–Kier alpha value is -1.36. The van der Waals surface area contributed by atoms with Crippen molar-refractivity contribution in [3.8, 4) is 0 Å². The lowest BCUT2D eigenvalue weighted by Crippen LogP contribution is -2.24. The number of benzene rings is 1. The minimum atomic E-state index is -4.48. The summed E-state index contributed by atoms with van der Waals surface area (Å²) in [5.74, 6) is -0.715. The Balaban J connectivity index is 2.36. The highest BCUT2D eigenvalue weighted by molar-refractivity contribution is 5.99. The number of hydrogen-bond donors (Lipinski definition) is 1. The fraction of sp³-hybridized carbons (Fsp3) is 0.462. The van der Waals surface area contributed by atoms with Crippen LogP contribution in [0.15, 0.2) is 24.3 Å². The van der Waals surface area contributed by atoms with Gasteiger partial charge in [0.2, 0.25) is 0 Å². The summed E-state index contributed by atoms with van der Waals surface area (Å²) in [5, 5.41) is 3.03. The molecule has 0 radical (unpaired) electrons. The van der Waals surface area contributed by atoms with Crippen LogP contribution in [0, 0.1) is 11.8 Å². The van der Waals surface area contributed by atoms with E-state index in [0.29, 0.717) is 13.1 Å². The average molecular weight is 257 g/mol. The van der Waals surface area contributed by atoms with Gasteiger partial charge in [0.25, 0.3) is 0 Å². The molecule has 1 aliphatic rings. The van der Waals surface area contributed by atoms with Crippen LogP contribution >= 0.6 is 0 Å². The molecule has 1 aromatic carbocycles. The number of nitrogens with one attached hydrogen (secondary N) is 1. The predicted octanol–water partition coefficient (Wildman–Crippen LogP) is 2.74. The van der Waals surface area contributed by atoms with E-state index in [9.17, 15) is 18.0 Å². The number of ketones is 1. The Labute approximate surface area is 103 Å². The van der Waals surface area contributed by atoms with E-state index < -0.39 is 17.5 Å². The minimum absolute atomic E-state index is 0.0683. The zero-order valence-electron chi connectivity index (χ0n) is 9.92. The summed E-state index contributed by atoms with van der Waals surface area (Å²) < 4.78 is 38.5. The van der Waals surface area contributed by atoms with Crippen molar-refractivity contribution in [2.75, 3.05) is 13.1 Å². The van der Waals surface area contributed by atoms with E-state index in [1.807, 2.05) is 6.92 Å². The summed E-state index contributed by atoms with van der Waals surface area (Å²) in [6.07, 6.45) is -4.48. The van der Waals surface area contributed by atoms with Gasteiger partial charge < -0.3 is 5.32 Å². The fourth-order valence-electron chi connectivity index (χ4n) is 2.31. The van der Waals surface area contributed by atoms with Gasteiger partial charge in [0, 0.05) is 18.0 Å². The van der Waals surface area contributed by atoms with Gasteiger partial charge in [-0.05, 0) is 18.5 Å². The molecular formula is C13H14F3NO. The van der Waals surface area contributed by atoms with Crippen molar-refractivity contribution in [2.45, 2.75) is 13.1 Å². The number of halogens is 3. The van der Waals surface area contributed by atoms with Crippen LogP contribution in [-0.2, 0) is 6.18 Å². The molecular weight excluding hydrogens is 243 g/mol. The van der Waals surface area contributed by atoms with E-state index in [-0.39, 0.29) is 17.4 Å². The van der Waals surface area contributed by atoms with Crippen molar-refractivity contribution in [1.82, 2.24) is 5.32 Å². The van der Waals surface area contributed by atoms with Crippen LogP contribution in [0.3, 0.4) is 0 Å². The van der Waals surface area contributed by atoms with Crippen LogP contribution in [0.4, 0.5) is 13.2 Å². The second-order valence-electron chi connectivity index (χ2n) is 4.65. The third-order valence-electron chi connectivity index (χ3n) is 3.35. The molecule has 2 nitrogen and oxygen atoms in total. The van der Waals surface area contributed by atoms with Gasteiger partial charge in [-0.1, -0.05) is 25.1 Å². The summed E-state index contributed by atoms with van der Waals surface area (Å²) in [6, 6.07) is 4.99. The first-order valence-corrected chi connectivity index (χ1v) is 5.82. The number of carbonyl (C=O) groups is 1. The van der Waals surface area contributed by atoms with Gasteiger partial charge in [-0.25, -0.2) is 0 Å². The first kappa shape index (κ1) is 13.1. The number of alkyl halides is 3.